The average molecular weight is 229 g/mol. The van der Waals surface area contributed by atoms with Gasteiger partial charge in [-0.15, -0.1) is 11.6 Å². The molecule has 5 atom stereocenters. The molecule has 3 heteroatoms. The van der Waals surface area contributed by atoms with Gasteiger partial charge >= 0.3 is 0 Å². The van der Waals surface area contributed by atoms with Gasteiger partial charge in [0.2, 0.25) is 0 Å². The molecule has 2 N–H and O–H groups in total. The van der Waals surface area contributed by atoms with Gasteiger partial charge in [0.1, 0.15) is 0 Å². The van der Waals surface area contributed by atoms with Crippen LogP contribution in [0.3, 0.4) is 0 Å². The van der Waals surface area contributed by atoms with Gasteiger partial charge in [0.15, 0.2) is 0 Å². The fraction of sp³-hybridized carbons (Fsp3) is 1.00. The first-order valence-corrected chi connectivity index (χ1v) is 6.93. The first-order chi connectivity index (χ1) is 7.34. The fourth-order valence-electron chi connectivity index (χ4n) is 4.03. The Morgan fingerprint density at radius 2 is 1.67 bits per heavy atom. The lowest BCUT2D eigenvalue weighted by atomic mass is 9.64. The zero-order chi connectivity index (χ0) is 10.3. The van der Waals surface area contributed by atoms with E-state index >= 15 is 0 Å². The molecule has 0 aromatic heterocycles. The summed E-state index contributed by atoms with van der Waals surface area (Å²) in [5, 5.41) is 0. The molecule has 3 fully saturated rings. The lowest BCUT2D eigenvalue weighted by Gasteiger charge is -2.49. The molecule has 5 unspecified atom stereocenters. The molecule has 1 saturated heterocycles. The number of hydrogen-bond donors (Lipinski definition) is 2. The van der Waals surface area contributed by atoms with Crippen LogP contribution in [0, 0.1) is 17.8 Å². The number of alkyl halides is 1. The van der Waals surface area contributed by atoms with Crippen molar-refractivity contribution in [3.63, 3.8) is 0 Å². The van der Waals surface area contributed by atoms with Crippen LogP contribution in [0.15, 0.2) is 0 Å². The molecule has 3 aliphatic rings. The molecule has 3 rings (SSSR count). The monoisotopic (exact) mass is 228 g/mol. The van der Waals surface area contributed by atoms with Crippen LogP contribution in [0.25, 0.3) is 0 Å². The summed E-state index contributed by atoms with van der Waals surface area (Å²) in [5.41, 5.74) is 6.86. The number of hydrazine groups is 1. The highest BCUT2D eigenvalue weighted by molar-refractivity contribution is 6.20. The van der Waals surface area contributed by atoms with E-state index in [1.54, 1.807) is 0 Å². The van der Waals surface area contributed by atoms with E-state index in [1.807, 2.05) is 0 Å². The number of nitrogens with one attached hydrogen (secondary N) is 2. The topological polar surface area (TPSA) is 24.1 Å². The molecule has 2 saturated carbocycles. The van der Waals surface area contributed by atoms with Crippen LogP contribution in [0.1, 0.15) is 44.9 Å². The van der Waals surface area contributed by atoms with Crippen molar-refractivity contribution in [2.45, 2.75) is 56.5 Å². The van der Waals surface area contributed by atoms with E-state index in [9.17, 15) is 0 Å². The first kappa shape index (κ1) is 10.4. The van der Waals surface area contributed by atoms with E-state index in [2.05, 4.69) is 10.9 Å². The summed E-state index contributed by atoms with van der Waals surface area (Å²) in [7, 11) is 0. The third-order valence-electron chi connectivity index (χ3n) is 4.76. The second-order valence-electron chi connectivity index (χ2n) is 5.56. The van der Waals surface area contributed by atoms with Crippen molar-refractivity contribution in [1.82, 2.24) is 10.9 Å². The van der Waals surface area contributed by atoms with Gasteiger partial charge in [0.05, 0.1) is 5.50 Å². The van der Waals surface area contributed by atoms with Gasteiger partial charge in [-0.25, -0.2) is 5.43 Å². The van der Waals surface area contributed by atoms with E-state index in [4.69, 9.17) is 11.6 Å². The minimum absolute atomic E-state index is 0.145. The van der Waals surface area contributed by atoms with Crippen LogP contribution in [-0.4, -0.2) is 11.5 Å². The predicted octanol–water partition coefficient (Wildman–Crippen LogP) is 2.63. The summed E-state index contributed by atoms with van der Waals surface area (Å²) in [6.45, 7) is 0. The van der Waals surface area contributed by atoms with Crippen LogP contribution in [0.4, 0.5) is 0 Å². The fourth-order valence-corrected chi connectivity index (χ4v) is 4.32. The maximum atomic E-state index is 6.14. The van der Waals surface area contributed by atoms with Gasteiger partial charge in [-0.05, 0) is 43.4 Å². The quantitative estimate of drug-likeness (QED) is 0.492. The molecule has 0 aromatic rings. The van der Waals surface area contributed by atoms with E-state index < -0.39 is 0 Å². The van der Waals surface area contributed by atoms with Crippen molar-refractivity contribution in [3.8, 4) is 0 Å². The van der Waals surface area contributed by atoms with Crippen LogP contribution in [0.5, 0.6) is 0 Å². The Bertz CT molecular complexity index is 234. The summed E-state index contributed by atoms with van der Waals surface area (Å²) in [5.74, 6) is 2.75. The SMILES string of the molecule is ClC1CC2CCC3CCCCC3C2NN1. The lowest BCUT2D eigenvalue weighted by molar-refractivity contribution is 0.0455. The van der Waals surface area contributed by atoms with Gasteiger partial charge < -0.3 is 0 Å². The molecule has 0 aromatic carbocycles. The van der Waals surface area contributed by atoms with Crippen molar-refractivity contribution in [2.75, 3.05) is 0 Å². The van der Waals surface area contributed by atoms with Crippen LogP contribution < -0.4 is 10.9 Å². The molecule has 2 nitrogen and oxygen atoms in total. The summed E-state index contributed by atoms with van der Waals surface area (Å²) in [4.78, 5) is 0. The Hall–Kier alpha value is 0.210. The molecule has 2 aliphatic carbocycles. The molecule has 1 heterocycles. The van der Waals surface area contributed by atoms with E-state index in [-0.39, 0.29) is 5.50 Å². The zero-order valence-electron chi connectivity index (χ0n) is 9.21. The smallest absolute Gasteiger partial charge is 0.0954 e. The molecule has 0 radical (unpaired) electrons. The normalized spacial score (nSPS) is 50.6. The second-order valence-corrected chi connectivity index (χ2v) is 6.09. The van der Waals surface area contributed by atoms with Gasteiger partial charge in [-0.1, -0.05) is 19.3 Å². The summed E-state index contributed by atoms with van der Waals surface area (Å²) in [6, 6.07) is 0.707. The first-order valence-electron chi connectivity index (χ1n) is 6.50. The number of fused-ring (bicyclic) bond motifs is 3. The highest BCUT2D eigenvalue weighted by Crippen LogP contribution is 2.44. The zero-order valence-corrected chi connectivity index (χ0v) is 9.97. The lowest BCUT2D eigenvalue weighted by Crippen LogP contribution is -2.60. The summed E-state index contributed by atoms with van der Waals surface area (Å²) in [6.07, 6.45) is 9.82. The minimum Gasteiger partial charge on any atom is -0.253 e. The predicted molar refractivity (Wildman–Crippen MR) is 62.5 cm³/mol. The van der Waals surface area contributed by atoms with E-state index in [1.165, 1.54) is 38.5 Å². The van der Waals surface area contributed by atoms with Crippen molar-refractivity contribution in [3.05, 3.63) is 0 Å². The van der Waals surface area contributed by atoms with Gasteiger partial charge in [-0.3, -0.25) is 5.43 Å². The van der Waals surface area contributed by atoms with Crippen LogP contribution >= 0.6 is 11.6 Å². The van der Waals surface area contributed by atoms with Crippen molar-refractivity contribution in [2.24, 2.45) is 17.8 Å². The van der Waals surface area contributed by atoms with Crippen molar-refractivity contribution < 1.29 is 0 Å². The minimum atomic E-state index is 0.145. The van der Waals surface area contributed by atoms with Crippen LogP contribution in [0.2, 0.25) is 0 Å². The van der Waals surface area contributed by atoms with Gasteiger partial charge in [0.25, 0.3) is 0 Å². The molecular weight excluding hydrogens is 208 g/mol. The van der Waals surface area contributed by atoms with Gasteiger partial charge in [0, 0.05) is 6.04 Å². The van der Waals surface area contributed by atoms with Crippen molar-refractivity contribution in [1.29, 1.82) is 0 Å². The Kier molecular flexibility index (Phi) is 2.92. The maximum absolute atomic E-state index is 6.14. The molecular formula is C12H21ClN2. The van der Waals surface area contributed by atoms with Gasteiger partial charge in [-0.2, -0.15) is 0 Å². The third-order valence-corrected chi connectivity index (χ3v) is 5.05. The Balaban J connectivity index is 1.72. The Labute approximate surface area is 97.1 Å². The van der Waals surface area contributed by atoms with E-state index in [0.717, 1.165) is 24.2 Å². The molecule has 0 bridgehead atoms. The standard InChI is InChI=1S/C12H21ClN2/c13-11-7-9-6-5-8-3-1-2-4-10(8)12(9)15-14-11/h8-12,14-15H,1-7H2. The largest absolute Gasteiger partial charge is 0.253 e. The highest BCUT2D eigenvalue weighted by Gasteiger charge is 2.42. The highest BCUT2D eigenvalue weighted by atomic mass is 35.5. The average Bonchev–Trinajstić information content (AvgIpc) is 2.28. The Morgan fingerprint density at radius 3 is 2.60 bits per heavy atom. The number of hydrogen-bond acceptors (Lipinski definition) is 2. The molecule has 0 amide bonds. The van der Waals surface area contributed by atoms with Crippen LogP contribution in [-0.2, 0) is 0 Å². The van der Waals surface area contributed by atoms with Crippen molar-refractivity contribution >= 4 is 11.6 Å². The molecule has 0 spiro atoms. The summed E-state index contributed by atoms with van der Waals surface area (Å²) < 4.78 is 0. The number of halogens is 1. The van der Waals surface area contributed by atoms with E-state index in [0.29, 0.717) is 6.04 Å². The number of rotatable bonds is 0. The molecule has 86 valence electrons. The summed E-state index contributed by atoms with van der Waals surface area (Å²) >= 11 is 6.14. The second kappa shape index (κ2) is 4.23. The third kappa shape index (κ3) is 1.92. The molecule has 15 heavy (non-hydrogen) atoms. The Morgan fingerprint density at radius 1 is 0.867 bits per heavy atom. The maximum Gasteiger partial charge on any atom is 0.0954 e. The molecule has 1 aliphatic heterocycles.